The van der Waals surface area contributed by atoms with Gasteiger partial charge in [0.15, 0.2) is 0 Å². The van der Waals surface area contributed by atoms with Gasteiger partial charge in [0.25, 0.3) is 0 Å². The van der Waals surface area contributed by atoms with Crippen LogP contribution in [0.1, 0.15) is 46.2 Å². The molecule has 1 atom stereocenters. The lowest BCUT2D eigenvalue weighted by molar-refractivity contribution is -0.133. The molecule has 0 radical (unpaired) electrons. The van der Waals surface area contributed by atoms with Crippen LogP contribution >= 0.6 is 0 Å². The van der Waals surface area contributed by atoms with E-state index in [2.05, 4.69) is 10.6 Å². The van der Waals surface area contributed by atoms with Crippen LogP contribution in [0.25, 0.3) is 0 Å². The highest BCUT2D eigenvalue weighted by molar-refractivity contribution is 5.90. The average Bonchev–Trinajstić information content (AvgIpc) is 2.34. The number of carbonyl (C=O) groups is 2. The summed E-state index contributed by atoms with van der Waals surface area (Å²) in [6.07, 6.45) is 0. The molecule has 0 aliphatic heterocycles. The third-order valence-electron chi connectivity index (χ3n) is 2.78. The van der Waals surface area contributed by atoms with Crippen molar-refractivity contribution in [1.82, 2.24) is 10.6 Å². The fourth-order valence-corrected chi connectivity index (χ4v) is 1.66. The van der Waals surface area contributed by atoms with Crippen molar-refractivity contribution < 1.29 is 9.59 Å². The summed E-state index contributed by atoms with van der Waals surface area (Å²) >= 11 is 0. The highest BCUT2D eigenvalue weighted by Crippen LogP contribution is 2.18. The number of carbonyl (C=O) groups excluding carboxylic acids is 2. The van der Waals surface area contributed by atoms with Gasteiger partial charge in [-0.2, -0.15) is 0 Å². The van der Waals surface area contributed by atoms with Gasteiger partial charge in [-0.15, -0.1) is 0 Å². The van der Waals surface area contributed by atoms with Gasteiger partial charge in [0.2, 0.25) is 11.8 Å². The Bertz CT molecular complexity index is 461. The summed E-state index contributed by atoms with van der Waals surface area (Å²) < 4.78 is 0. The molecule has 1 aromatic carbocycles. The molecule has 0 saturated carbocycles. The Kier molecular flexibility index (Phi) is 5.31. The van der Waals surface area contributed by atoms with Crippen molar-refractivity contribution in [2.24, 2.45) is 5.41 Å². The first-order chi connectivity index (χ1) is 9.21. The highest BCUT2D eigenvalue weighted by Gasteiger charge is 2.28. The molecular weight excluding hydrogens is 252 g/mol. The topological polar surface area (TPSA) is 58.2 Å². The first-order valence-electron chi connectivity index (χ1n) is 6.88. The van der Waals surface area contributed by atoms with E-state index in [1.807, 2.05) is 65.0 Å². The normalized spacial score (nSPS) is 12.9. The first kappa shape index (κ1) is 16.2. The highest BCUT2D eigenvalue weighted by atomic mass is 16.2. The molecule has 2 N–H and O–H groups in total. The molecule has 0 saturated heterocycles. The zero-order chi connectivity index (χ0) is 15.3. The molecule has 1 aromatic rings. The quantitative estimate of drug-likeness (QED) is 0.887. The summed E-state index contributed by atoms with van der Waals surface area (Å²) in [5, 5.41) is 5.67. The van der Waals surface area contributed by atoms with Gasteiger partial charge in [-0.25, -0.2) is 0 Å². The molecule has 0 aliphatic rings. The van der Waals surface area contributed by atoms with E-state index in [9.17, 15) is 9.59 Å². The summed E-state index contributed by atoms with van der Waals surface area (Å²) in [5.74, 6) is -0.339. The van der Waals surface area contributed by atoms with Gasteiger partial charge in [0.05, 0.1) is 0 Å². The van der Waals surface area contributed by atoms with Crippen molar-refractivity contribution in [3.05, 3.63) is 35.9 Å². The molecule has 0 spiro atoms. The third-order valence-corrected chi connectivity index (χ3v) is 2.78. The number of benzene rings is 1. The van der Waals surface area contributed by atoms with E-state index in [1.54, 1.807) is 0 Å². The van der Waals surface area contributed by atoms with E-state index in [4.69, 9.17) is 0 Å². The Labute approximate surface area is 121 Å². The average molecular weight is 276 g/mol. The van der Waals surface area contributed by atoms with E-state index in [0.29, 0.717) is 0 Å². The minimum Gasteiger partial charge on any atom is -0.352 e. The van der Waals surface area contributed by atoms with Crippen molar-refractivity contribution in [2.75, 3.05) is 0 Å². The van der Waals surface area contributed by atoms with E-state index in [-0.39, 0.29) is 17.9 Å². The number of amides is 2. The van der Waals surface area contributed by atoms with Gasteiger partial charge >= 0.3 is 0 Å². The first-order valence-corrected chi connectivity index (χ1v) is 6.88. The molecule has 4 heteroatoms. The molecule has 0 aromatic heterocycles. The molecule has 4 nitrogen and oxygen atoms in total. The Morgan fingerprint density at radius 3 is 2.00 bits per heavy atom. The molecule has 110 valence electrons. The predicted molar refractivity (Wildman–Crippen MR) is 80.1 cm³/mol. The van der Waals surface area contributed by atoms with Crippen molar-refractivity contribution >= 4 is 11.8 Å². The smallest absolute Gasteiger partial charge is 0.247 e. The van der Waals surface area contributed by atoms with Crippen LogP contribution in [-0.4, -0.2) is 17.9 Å². The molecule has 0 fully saturated rings. The zero-order valence-corrected chi connectivity index (χ0v) is 12.9. The van der Waals surface area contributed by atoms with E-state index >= 15 is 0 Å². The van der Waals surface area contributed by atoms with Gasteiger partial charge in [-0.05, 0) is 19.4 Å². The summed E-state index contributed by atoms with van der Waals surface area (Å²) in [6, 6.07) is 8.64. The van der Waals surface area contributed by atoms with Crippen molar-refractivity contribution in [3.8, 4) is 0 Å². The minimum atomic E-state index is -0.662. The Hall–Kier alpha value is -1.84. The third kappa shape index (κ3) is 4.68. The summed E-state index contributed by atoms with van der Waals surface area (Å²) in [4.78, 5) is 24.4. The van der Waals surface area contributed by atoms with Crippen LogP contribution in [0, 0.1) is 5.41 Å². The SMILES string of the molecule is CC(C)NC(=O)[C@@H](NC(=O)C(C)(C)C)c1ccccc1. The molecule has 20 heavy (non-hydrogen) atoms. The fourth-order valence-electron chi connectivity index (χ4n) is 1.66. The second-order valence-corrected chi connectivity index (χ2v) is 6.23. The summed E-state index contributed by atoms with van der Waals surface area (Å²) in [7, 11) is 0. The number of hydrogen-bond acceptors (Lipinski definition) is 2. The second kappa shape index (κ2) is 6.55. The van der Waals surface area contributed by atoms with Crippen molar-refractivity contribution in [1.29, 1.82) is 0 Å². The largest absolute Gasteiger partial charge is 0.352 e. The predicted octanol–water partition coefficient (Wildman–Crippen LogP) is 2.41. The van der Waals surface area contributed by atoms with Crippen LogP contribution in [0.3, 0.4) is 0 Å². The summed E-state index contributed by atoms with van der Waals surface area (Å²) in [5.41, 5.74) is 0.244. The van der Waals surface area contributed by atoms with Gasteiger partial charge < -0.3 is 10.6 Å². The lowest BCUT2D eigenvalue weighted by atomic mass is 9.94. The lowest BCUT2D eigenvalue weighted by Gasteiger charge is -2.25. The number of rotatable bonds is 4. The van der Waals surface area contributed by atoms with Crippen molar-refractivity contribution in [3.63, 3.8) is 0 Å². The van der Waals surface area contributed by atoms with Gasteiger partial charge in [-0.1, -0.05) is 51.1 Å². The maximum absolute atomic E-state index is 12.3. The molecule has 0 unspecified atom stereocenters. The second-order valence-electron chi connectivity index (χ2n) is 6.23. The molecule has 2 amide bonds. The van der Waals surface area contributed by atoms with Crippen LogP contribution in [0.4, 0.5) is 0 Å². The molecule has 0 aliphatic carbocycles. The molecule has 1 rings (SSSR count). The van der Waals surface area contributed by atoms with Gasteiger partial charge in [-0.3, -0.25) is 9.59 Å². The standard InChI is InChI=1S/C16H24N2O2/c1-11(2)17-14(19)13(12-9-7-6-8-10-12)18-15(20)16(3,4)5/h6-11,13H,1-5H3,(H,17,19)(H,18,20)/t13-/m0/s1. The molecule has 0 heterocycles. The maximum Gasteiger partial charge on any atom is 0.247 e. The Balaban J connectivity index is 2.97. The maximum atomic E-state index is 12.3. The summed E-state index contributed by atoms with van der Waals surface area (Å²) in [6.45, 7) is 9.26. The van der Waals surface area contributed by atoms with Crippen LogP contribution in [0.2, 0.25) is 0 Å². The van der Waals surface area contributed by atoms with Crippen molar-refractivity contribution in [2.45, 2.75) is 46.7 Å². The Morgan fingerprint density at radius 1 is 1.00 bits per heavy atom. The fraction of sp³-hybridized carbons (Fsp3) is 0.500. The zero-order valence-electron chi connectivity index (χ0n) is 12.9. The van der Waals surface area contributed by atoms with E-state index < -0.39 is 11.5 Å². The van der Waals surface area contributed by atoms with Crippen LogP contribution in [0.15, 0.2) is 30.3 Å². The monoisotopic (exact) mass is 276 g/mol. The van der Waals surface area contributed by atoms with Gasteiger partial charge in [0, 0.05) is 11.5 Å². The Morgan fingerprint density at radius 2 is 1.55 bits per heavy atom. The number of hydrogen-bond donors (Lipinski definition) is 2. The molecule has 0 bridgehead atoms. The van der Waals surface area contributed by atoms with E-state index in [1.165, 1.54) is 0 Å². The minimum absolute atomic E-state index is 0.0280. The van der Waals surface area contributed by atoms with Crippen LogP contribution < -0.4 is 10.6 Å². The van der Waals surface area contributed by atoms with E-state index in [0.717, 1.165) is 5.56 Å². The van der Waals surface area contributed by atoms with Gasteiger partial charge in [0.1, 0.15) is 6.04 Å². The number of nitrogens with one attached hydrogen (secondary N) is 2. The van der Waals surface area contributed by atoms with Crippen LogP contribution in [-0.2, 0) is 9.59 Å². The lowest BCUT2D eigenvalue weighted by Crippen LogP contribution is -2.45. The molecular formula is C16H24N2O2. The van der Waals surface area contributed by atoms with Crippen LogP contribution in [0.5, 0.6) is 0 Å².